The Hall–Kier alpha value is -1.84. The van der Waals surface area contributed by atoms with Crippen molar-refractivity contribution in [3.8, 4) is 0 Å². The fraction of sp³-hybridized carbons (Fsp3) is 0.500. The number of nitrogens with zero attached hydrogens (tertiary/aromatic N) is 1. The lowest BCUT2D eigenvalue weighted by atomic mass is 9.84. The normalized spacial score (nSPS) is 21.2. The minimum atomic E-state index is -0.427. The Kier molecular flexibility index (Phi) is 2.85. The van der Waals surface area contributed by atoms with Gasteiger partial charge in [0.2, 0.25) is 11.8 Å². The molecular weight excluding hydrogens is 252 g/mol. The van der Waals surface area contributed by atoms with Crippen molar-refractivity contribution in [2.75, 3.05) is 10.6 Å². The van der Waals surface area contributed by atoms with Crippen LogP contribution in [0.4, 0.5) is 11.4 Å². The van der Waals surface area contributed by atoms with Crippen LogP contribution >= 0.6 is 0 Å². The van der Waals surface area contributed by atoms with Crippen LogP contribution < -0.4 is 10.6 Å². The molecule has 0 atom stereocenters. The van der Waals surface area contributed by atoms with Gasteiger partial charge in [0.25, 0.3) is 0 Å². The van der Waals surface area contributed by atoms with E-state index >= 15 is 0 Å². The molecule has 3 rings (SSSR count). The number of hydrogen-bond acceptors (Lipinski definition) is 3. The summed E-state index contributed by atoms with van der Waals surface area (Å²) >= 11 is 0. The van der Waals surface area contributed by atoms with Gasteiger partial charge in [-0.15, -0.1) is 0 Å². The molecule has 20 heavy (non-hydrogen) atoms. The monoisotopic (exact) mass is 272 g/mol. The number of rotatable bonds is 1. The molecule has 2 N–H and O–H groups in total. The molecular formula is C16H20N2O2. The second-order valence-electron chi connectivity index (χ2n) is 6.19. The fourth-order valence-electron chi connectivity index (χ4n) is 3.58. The van der Waals surface area contributed by atoms with Crippen molar-refractivity contribution >= 4 is 23.2 Å². The minimum absolute atomic E-state index is 0.0219. The number of nitrogens with two attached hydrogens (primary N) is 1. The maximum absolute atomic E-state index is 12.8. The Morgan fingerprint density at radius 3 is 2.40 bits per heavy atom. The molecule has 0 radical (unpaired) electrons. The Balaban J connectivity index is 2.04. The van der Waals surface area contributed by atoms with Crippen molar-refractivity contribution < 1.29 is 9.59 Å². The van der Waals surface area contributed by atoms with Crippen molar-refractivity contribution in [2.45, 2.75) is 46.0 Å². The number of carbonyl (C=O) groups excluding carboxylic acids is 2. The average molecular weight is 272 g/mol. The van der Waals surface area contributed by atoms with Crippen LogP contribution in [0.15, 0.2) is 12.1 Å². The van der Waals surface area contributed by atoms with Crippen molar-refractivity contribution in [1.82, 2.24) is 0 Å². The molecule has 1 aliphatic heterocycles. The van der Waals surface area contributed by atoms with Crippen LogP contribution in [-0.4, -0.2) is 11.8 Å². The van der Waals surface area contributed by atoms with E-state index in [9.17, 15) is 9.59 Å². The maximum atomic E-state index is 12.8. The third-order valence-corrected chi connectivity index (χ3v) is 4.78. The molecule has 0 aromatic heterocycles. The topological polar surface area (TPSA) is 63.4 Å². The summed E-state index contributed by atoms with van der Waals surface area (Å²) in [7, 11) is 0. The van der Waals surface area contributed by atoms with E-state index in [1.165, 1.54) is 4.90 Å². The first-order valence-corrected chi connectivity index (χ1v) is 7.19. The predicted octanol–water partition coefficient (Wildman–Crippen LogP) is 2.71. The van der Waals surface area contributed by atoms with E-state index in [1.807, 2.05) is 19.9 Å². The van der Waals surface area contributed by atoms with Crippen molar-refractivity contribution in [3.63, 3.8) is 0 Å². The number of anilines is 2. The van der Waals surface area contributed by atoms with Crippen LogP contribution in [0.3, 0.4) is 0 Å². The van der Waals surface area contributed by atoms with Gasteiger partial charge in [0.15, 0.2) is 0 Å². The summed E-state index contributed by atoms with van der Waals surface area (Å²) in [6.45, 7) is 3.85. The molecule has 1 aromatic carbocycles. The smallest absolute Gasteiger partial charge is 0.240 e. The second kappa shape index (κ2) is 4.33. The molecule has 1 heterocycles. The first-order valence-electron chi connectivity index (χ1n) is 7.19. The van der Waals surface area contributed by atoms with Crippen LogP contribution in [0.25, 0.3) is 0 Å². The lowest BCUT2D eigenvalue weighted by molar-refractivity contribution is -0.125. The molecule has 2 amide bonds. The lowest BCUT2D eigenvalue weighted by Crippen LogP contribution is -2.34. The van der Waals surface area contributed by atoms with Crippen LogP contribution in [0.2, 0.25) is 0 Å². The van der Waals surface area contributed by atoms with E-state index in [0.717, 1.165) is 36.8 Å². The summed E-state index contributed by atoms with van der Waals surface area (Å²) in [5, 5.41) is 0. The Morgan fingerprint density at radius 1 is 1.10 bits per heavy atom. The van der Waals surface area contributed by atoms with Gasteiger partial charge in [-0.2, -0.15) is 0 Å². The summed E-state index contributed by atoms with van der Waals surface area (Å²) in [6, 6.07) is 3.69. The zero-order chi connectivity index (χ0) is 14.5. The van der Waals surface area contributed by atoms with E-state index in [0.29, 0.717) is 17.8 Å². The molecule has 1 saturated heterocycles. The second-order valence-corrected chi connectivity index (χ2v) is 6.19. The van der Waals surface area contributed by atoms with Gasteiger partial charge in [0, 0.05) is 12.1 Å². The van der Waals surface area contributed by atoms with Crippen LogP contribution in [0.1, 0.15) is 43.2 Å². The molecule has 1 aliphatic carbocycles. The number of nitrogen functional groups attached to an aromatic ring is 1. The Bertz CT molecular complexity index is 601. The minimum Gasteiger partial charge on any atom is -0.398 e. The van der Waals surface area contributed by atoms with Crippen LogP contribution in [0.5, 0.6) is 0 Å². The van der Waals surface area contributed by atoms with Crippen molar-refractivity contribution in [2.24, 2.45) is 5.41 Å². The zero-order valence-corrected chi connectivity index (χ0v) is 12.0. The molecule has 2 fully saturated rings. The van der Waals surface area contributed by atoms with Gasteiger partial charge >= 0.3 is 0 Å². The maximum Gasteiger partial charge on any atom is 0.240 e. The Morgan fingerprint density at radius 2 is 1.75 bits per heavy atom. The van der Waals surface area contributed by atoms with Gasteiger partial charge in [-0.1, -0.05) is 18.9 Å². The fourth-order valence-corrected chi connectivity index (χ4v) is 3.58. The zero-order valence-electron chi connectivity index (χ0n) is 12.0. The van der Waals surface area contributed by atoms with Gasteiger partial charge in [-0.25, -0.2) is 4.90 Å². The quantitative estimate of drug-likeness (QED) is 0.631. The molecule has 0 bridgehead atoms. The molecule has 2 aliphatic rings. The number of benzene rings is 1. The summed E-state index contributed by atoms with van der Waals surface area (Å²) in [4.78, 5) is 26.5. The number of imide groups is 1. The molecule has 1 aromatic rings. The molecule has 1 spiro atoms. The first-order chi connectivity index (χ1) is 9.44. The van der Waals surface area contributed by atoms with Crippen LogP contribution in [-0.2, 0) is 9.59 Å². The first kappa shape index (κ1) is 13.2. The van der Waals surface area contributed by atoms with E-state index in [4.69, 9.17) is 5.73 Å². The van der Waals surface area contributed by atoms with Crippen molar-refractivity contribution in [1.29, 1.82) is 0 Å². The number of carbonyl (C=O) groups is 2. The number of hydrogen-bond donors (Lipinski definition) is 1. The number of aryl methyl sites for hydroxylation is 2. The highest BCUT2D eigenvalue weighted by Gasteiger charge is 2.53. The highest BCUT2D eigenvalue weighted by Crippen LogP contribution is 2.48. The molecule has 1 saturated carbocycles. The van der Waals surface area contributed by atoms with E-state index < -0.39 is 5.41 Å². The van der Waals surface area contributed by atoms with Gasteiger partial charge in [0.1, 0.15) is 0 Å². The lowest BCUT2D eigenvalue weighted by Gasteiger charge is -2.22. The summed E-state index contributed by atoms with van der Waals surface area (Å²) in [6.07, 6.45) is 4.13. The number of amides is 2. The van der Waals surface area contributed by atoms with E-state index in [1.54, 1.807) is 6.07 Å². The van der Waals surface area contributed by atoms with Gasteiger partial charge in [0.05, 0.1) is 11.1 Å². The average Bonchev–Trinajstić information content (AvgIpc) is 2.93. The summed E-state index contributed by atoms with van der Waals surface area (Å²) in [5.41, 5.74) is 8.70. The van der Waals surface area contributed by atoms with Gasteiger partial charge < -0.3 is 5.73 Å². The van der Waals surface area contributed by atoms with Gasteiger partial charge in [-0.3, -0.25) is 9.59 Å². The Labute approximate surface area is 118 Å². The third kappa shape index (κ3) is 1.74. The van der Waals surface area contributed by atoms with E-state index in [2.05, 4.69) is 0 Å². The molecule has 4 heteroatoms. The standard InChI is InChI=1S/C16H20N2O2/c1-10-7-11(2)13(8-12(10)17)18-14(19)9-16(15(18)20)5-3-4-6-16/h7-8H,3-6,9,17H2,1-2H3. The predicted molar refractivity (Wildman–Crippen MR) is 78.3 cm³/mol. The summed E-state index contributed by atoms with van der Waals surface area (Å²) in [5.74, 6) is -0.102. The summed E-state index contributed by atoms with van der Waals surface area (Å²) < 4.78 is 0. The van der Waals surface area contributed by atoms with Crippen LogP contribution in [0, 0.1) is 19.3 Å². The highest BCUT2D eigenvalue weighted by molar-refractivity contribution is 6.23. The highest BCUT2D eigenvalue weighted by atomic mass is 16.2. The molecule has 4 nitrogen and oxygen atoms in total. The third-order valence-electron chi connectivity index (χ3n) is 4.78. The molecule has 0 unspecified atom stereocenters. The van der Waals surface area contributed by atoms with Gasteiger partial charge in [-0.05, 0) is 43.9 Å². The largest absolute Gasteiger partial charge is 0.398 e. The SMILES string of the molecule is Cc1cc(C)c(N2C(=O)CC3(CCCC3)C2=O)cc1N. The van der Waals surface area contributed by atoms with E-state index in [-0.39, 0.29) is 11.8 Å². The molecule has 106 valence electrons. The van der Waals surface area contributed by atoms with Crippen molar-refractivity contribution in [3.05, 3.63) is 23.3 Å².